The van der Waals surface area contributed by atoms with Crippen molar-refractivity contribution in [2.75, 3.05) is 7.05 Å². The van der Waals surface area contributed by atoms with Crippen LogP contribution in [0.2, 0.25) is 0 Å². The largest absolute Gasteiger partial charge is 0.390 e. The van der Waals surface area contributed by atoms with Gasteiger partial charge in [-0.2, -0.15) is 0 Å². The molecule has 1 fully saturated rings. The summed E-state index contributed by atoms with van der Waals surface area (Å²) < 4.78 is 0. The SMILES string of the molecule is CN(C(=O)[C@H](Cc1ccccc1)NC(=O)CC(C)(C)N)[C@@H](Cc1c[nH]cn1)C(=O)N[C@@H](CC1CCCCC1)[C@@H](O)[C@@H](O)CC(C)(C)N. The lowest BCUT2D eigenvalue weighted by Gasteiger charge is -2.36. The summed E-state index contributed by atoms with van der Waals surface area (Å²) in [5.74, 6) is -1.04. The van der Waals surface area contributed by atoms with E-state index in [1.807, 2.05) is 30.3 Å². The number of carbonyl (C=O) groups is 3. The van der Waals surface area contributed by atoms with Crippen molar-refractivity contribution in [1.82, 2.24) is 25.5 Å². The molecule has 9 N–H and O–H groups in total. The highest BCUT2D eigenvalue weighted by atomic mass is 16.3. The zero-order valence-corrected chi connectivity index (χ0v) is 28.7. The number of aliphatic hydroxyl groups is 2. The number of hydrogen-bond acceptors (Lipinski definition) is 8. The number of nitrogens with two attached hydrogens (primary N) is 2. The van der Waals surface area contributed by atoms with Crippen LogP contribution in [0.1, 0.15) is 90.3 Å². The number of aromatic nitrogens is 2. The molecule has 262 valence electrons. The summed E-state index contributed by atoms with van der Waals surface area (Å²) in [6.07, 6.45) is 6.94. The minimum absolute atomic E-state index is 0.00906. The maximum atomic E-state index is 14.2. The Balaban J connectivity index is 1.90. The number of aliphatic hydroxyl groups excluding tert-OH is 2. The molecule has 2 aromatic rings. The number of H-pyrrole nitrogens is 1. The summed E-state index contributed by atoms with van der Waals surface area (Å²) >= 11 is 0. The van der Waals surface area contributed by atoms with Crippen LogP contribution in [0.4, 0.5) is 0 Å². The molecule has 1 aliphatic carbocycles. The molecule has 12 heteroatoms. The zero-order chi connectivity index (χ0) is 34.8. The molecule has 47 heavy (non-hydrogen) atoms. The summed E-state index contributed by atoms with van der Waals surface area (Å²) in [7, 11) is 1.54. The normalized spacial score (nSPS) is 17.6. The summed E-state index contributed by atoms with van der Waals surface area (Å²) in [5, 5.41) is 28.2. The average Bonchev–Trinajstić information content (AvgIpc) is 3.51. The van der Waals surface area contributed by atoms with Gasteiger partial charge in [-0.25, -0.2) is 4.98 Å². The second-order valence-corrected chi connectivity index (χ2v) is 14.8. The van der Waals surface area contributed by atoms with Crippen LogP contribution in [0.3, 0.4) is 0 Å². The predicted molar refractivity (Wildman–Crippen MR) is 182 cm³/mol. The Bertz CT molecular complexity index is 1250. The van der Waals surface area contributed by atoms with E-state index < -0.39 is 53.2 Å². The second kappa shape index (κ2) is 17.2. The first-order chi connectivity index (χ1) is 22.0. The first-order valence-electron chi connectivity index (χ1n) is 16.8. The number of hydrogen-bond donors (Lipinski definition) is 7. The van der Waals surface area contributed by atoms with Crippen LogP contribution in [0.5, 0.6) is 0 Å². The number of aromatic amines is 1. The first kappa shape index (κ1) is 38.1. The van der Waals surface area contributed by atoms with E-state index in [9.17, 15) is 24.6 Å². The number of nitrogens with zero attached hydrogens (tertiary/aromatic N) is 2. The van der Waals surface area contributed by atoms with Gasteiger partial charge in [0.2, 0.25) is 17.7 Å². The number of likely N-dealkylation sites (N-methyl/N-ethyl adjacent to an activating group) is 1. The molecular weight excluding hydrogens is 598 g/mol. The Morgan fingerprint density at radius 1 is 1.00 bits per heavy atom. The molecule has 0 radical (unpaired) electrons. The maximum absolute atomic E-state index is 14.2. The Morgan fingerprint density at radius 2 is 1.66 bits per heavy atom. The van der Waals surface area contributed by atoms with Gasteiger partial charge >= 0.3 is 0 Å². The lowest BCUT2D eigenvalue weighted by Crippen LogP contribution is -2.59. The molecule has 3 amide bonds. The Hall–Kier alpha value is -3.32. The van der Waals surface area contributed by atoms with Crippen molar-refractivity contribution in [3.05, 3.63) is 54.1 Å². The molecule has 0 spiro atoms. The summed E-state index contributed by atoms with van der Waals surface area (Å²) in [6.45, 7) is 7.02. The van der Waals surface area contributed by atoms with Gasteiger partial charge in [0.1, 0.15) is 18.2 Å². The van der Waals surface area contributed by atoms with E-state index in [0.717, 1.165) is 37.7 Å². The standard InChI is InChI=1S/C35H57N7O5/c1-34(2,36)19-29(43)31(45)26(16-23-12-8-6-9-13-23)41-32(46)28(18-25-21-38-22-39-25)42(5)33(47)27(17-24-14-10-7-11-15-24)40-30(44)20-35(3,4)37/h7,10-11,14-15,21-23,26-29,31,43,45H,6,8-9,12-13,16-20,36-37H2,1-5H3,(H,38,39)(H,40,44)(H,41,46)/t26-,27-,28-,29-,31+/m0/s1. The van der Waals surface area contributed by atoms with Crippen molar-refractivity contribution < 1.29 is 24.6 Å². The third kappa shape index (κ3) is 13.0. The van der Waals surface area contributed by atoms with Gasteiger partial charge in [0.25, 0.3) is 0 Å². The van der Waals surface area contributed by atoms with Crippen LogP contribution in [-0.2, 0) is 27.2 Å². The number of rotatable bonds is 17. The fraction of sp³-hybridized carbons (Fsp3) is 0.657. The minimum Gasteiger partial charge on any atom is -0.390 e. The Kier molecular flexibility index (Phi) is 13.9. The highest BCUT2D eigenvalue weighted by Gasteiger charge is 2.37. The van der Waals surface area contributed by atoms with Crippen LogP contribution in [0.15, 0.2) is 42.9 Å². The van der Waals surface area contributed by atoms with E-state index >= 15 is 0 Å². The quantitative estimate of drug-likeness (QED) is 0.134. The molecule has 5 atom stereocenters. The molecule has 0 aliphatic heterocycles. The van der Waals surface area contributed by atoms with Crippen LogP contribution >= 0.6 is 0 Å². The van der Waals surface area contributed by atoms with Gasteiger partial charge in [0.15, 0.2) is 0 Å². The molecule has 3 rings (SSSR count). The average molecular weight is 656 g/mol. The van der Waals surface area contributed by atoms with Crippen LogP contribution < -0.4 is 22.1 Å². The van der Waals surface area contributed by atoms with E-state index in [1.165, 1.54) is 18.3 Å². The van der Waals surface area contributed by atoms with Crippen molar-refractivity contribution in [3.63, 3.8) is 0 Å². The van der Waals surface area contributed by atoms with Crippen molar-refractivity contribution in [2.24, 2.45) is 17.4 Å². The molecule has 1 aromatic heterocycles. The molecule has 1 aliphatic rings. The van der Waals surface area contributed by atoms with Crippen LogP contribution in [0, 0.1) is 5.92 Å². The molecule has 1 heterocycles. The monoisotopic (exact) mass is 655 g/mol. The lowest BCUT2D eigenvalue weighted by atomic mass is 9.82. The van der Waals surface area contributed by atoms with Crippen molar-refractivity contribution in [3.8, 4) is 0 Å². The third-order valence-electron chi connectivity index (χ3n) is 8.79. The molecule has 1 aromatic carbocycles. The Morgan fingerprint density at radius 3 is 2.23 bits per heavy atom. The van der Waals surface area contributed by atoms with Crippen molar-refractivity contribution >= 4 is 17.7 Å². The highest BCUT2D eigenvalue weighted by Crippen LogP contribution is 2.29. The molecule has 0 unspecified atom stereocenters. The van der Waals surface area contributed by atoms with Gasteiger partial charge in [0, 0.05) is 43.6 Å². The number of carbonyl (C=O) groups excluding carboxylic acids is 3. The highest BCUT2D eigenvalue weighted by molar-refractivity contribution is 5.92. The molecule has 1 saturated carbocycles. The predicted octanol–water partition coefficient (Wildman–Crippen LogP) is 1.94. The third-order valence-corrected chi connectivity index (χ3v) is 8.79. The number of amides is 3. The molecule has 0 saturated heterocycles. The number of benzene rings is 1. The Labute approximate surface area is 279 Å². The second-order valence-electron chi connectivity index (χ2n) is 14.8. The molecular formula is C35H57N7O5. The van der Waals surface area contributed by atoms with Gasteiger partial charge in [-0.3, -0.25) is 14.4 Å². The maximum Gasteiger partial charge on any atom is 0.245 e. The fourth-order valence-electron chi connectivity index (χ4n) is 6.39. The number of nitrogens with one attached hydrogen (secondary N) is 3. The summed E-state index contributed by atoms with van der Waals surface area (Å²) in [6, 6.07) is 6.57. The summed E-state index contributed by atoms with van der Waals surface area (Å²) in [5.41, 5.74) is 12.1. The van der Waals surface area contributed by atoms with Gasteiger partial charge in [0.05, 0.1) is 24.2 Å². The van der Waals surface area contributed by atoms with Crippen LogP contribution in [-0.4, -0.2) is 91.3 Å². The first-order valence-corrected chi connectivity index (χ1v) is 16.8. The van der Waals surface area contributed by atoms with Gasteiger partial charge in [-0.15, -0.1) is 0 Å². The number of imidazole rings is 1. The van der Waals surface area contributed by atoms with Gasteiger partial charge < -0.3 is 42.2 Å². The summed E-state index contributed by atoms with van der Waals surface area (Å²) in [4.78, 5) is 49.9. The van der Waals surface area contributed by atoms with Crippen LogP contribution in [0.25, 0.3) is 0 Å². The van der Waals surface area contributed by atoms with E-state index in [0.29, 0.717) is 12.1 Å². The van der Waals surface area contributed by atoms with Crippen molar-refractivity contribution in [1.29, 1.82) is 0 Å². The zero-order valence-electron chi connectivity index (χ0n) is 28.7. The van der Waals surface area contributed by atoms with Gasteiger partial charge in [-0.1, -0.05) is 62.4 Å². The van der Waals surface area contributed by atoms with Gasteiger partial charge in [-0.05, 0) is 52.0 Å². The van der Waals surface area contributed by atoms with E-state index in [2.05, 4.69) is 20.6 Å². The fourth-order valence-corrected chi connectivity index (χ4v) is 6.39. The molecule has 0 bridgehead atoms. The lowest BCUT2D eigenvalue weighted by molar-refractivity contribution is -0.142. The molecule has 12 nitrogen and oxygen atoms in total. The van der Waals surface area contributed by atoms with E-state index in [1.54, 1.807) is 33.9 Å². The van der Waals surface area contributed by atoms with E-state index in [-0.39, 0.29) is 37.5 Å². The minimum atomic E-state index is -1.26. The van der Waals surface area contributed by atoms with E-state index in [4.69, 9.17) is 11.5 Å². The topological polar surface area (TPSA) is 200 Å². The smallest absolute Gasteiger partial charge is 0.245 e. The van der Waals surface area contributed by atoms with Crippen molar-refractivity contribution in [2.45, 2.75) is 133 Å².